The standard InChI is InChI=1S/C18H28O4/c1-7-20-16(19)18(21-8-2,22-9-3)15-12-10-14(11-13-15)17(4,5)6/h10-13H,7-9H2,1-6H3. The van der Waals surface area contributed by atoms with E-state index in [1.807, 2.05) is 38.1 Å². The molecule has 0 saturated carbocycles. The zero-order valence-corrected chi connectivity index (χ0v) is 14.6. The molecule has 0 atom stereocenters. The minimum atomic E-state index is -1.49. The van der Waals surface area contributed by atoms with Gasteiger partial charge in [-0.15, -0.1) is 0 Å². The molecule has 1 aromatic rings. The fourth-order valence-corrected chi connectivity index (χ4v) is 2.27. The molecule has 0 heterocycles. The Bertz CT molecular complexity index is 465. The maximum Gasteiger partial charge on any atom is 0.372 e. The second-order valence-corrected chi connectivity index (χ2v) is 6.03. The minimum Gasteiger partial charge on any atom is -0.462 e. The van der Waals surface area contributed by atoms with E-state index in [2.05, 4.69) is 20.8 Å². The molecule has 0 N–H and O–H groups in total. The lowest BCUT2D eigenvalue weighted by Gasteiger charge is -2.31. The van der Waals surface area contributed by atoms with Gasteiger partial charge in [0.2, 0.25) is 0 Å². The maximum absolute atomic E-state index is 12.5. The molecule has 1 aromatic carbocycles. The fourth-order valence-electron chi connectivity index (χ4n) is 2.27. The minimum absolute atomic E-state index is 0.0440. The second-order valence-electron chi connectivity index (χ2n) is 6.03. The Morgan fingerprint density at radius 1 is 0.864 bits per heavy atom. The van der Waals surface area contributed by atoms with Crippen molar-refractivity contribution in [3.05, 3.63) is 35.4 Å². The van der Waals surface area contributed by atoms with Gasteiger partial charge in [0, 0.05) is 18.8 Å². The van der Waals surface area contributed by atoms with Gasteiger partial charge in [0.1, 0.15) is 0 Å². The van der Waals surface area contributed by atoms with Crippen LogP contribution in [-0.2, 0) is 30.2 Å². The zero-order chi connectivity index (χ0) is 16.8. The van der Waals surface area contributed by atoms with E-state index in [1.165, 1.54) is 5.56 Å². The molecule has 0 saturated heterocycles. The Labute approximate surface area is 133 Å². The van der Waals surface area contributed by atoms with Gasteiger partial charge in [0.05, 0.1) is 6.61 Å². The Balaban J connectivity index is 3.27. The molecule has 0 bridgehead atoms. The molecule has 22 heavy (non-hydrogen) atoms. The highest BCUT2D eigenvalue weighted by Crippen LogP contribution is 2.31. The molecular weight excluding hydrogens is 280 g/mol. The fraction of sp³-hybridized carbons (Fsp3) is 0.611. The number of carbonyl (C=O) groups excluding carboxylic acids is 1. The highest BCUT2D eigenvalue weighted by Gasteiger charge is 2.44. The van der Waals surface area contributed by atoms with Crippen molar-refractivity contribution in [1.82, 2.24) is 0 Å². The SMILES string of the molecule is CCOC(=O)C(OCC)(OCC)c1ccc(C(C)(C)C)cc1. The van der Waals surface area contributed by atoms with Crippen LogP contribution in [0.25, 0.3) is 0 Å². The summed E-state index contributed by atoms with van der Waals surface area (Å²) in [6.45, 7) is 12.8. The van der Waals surface area contributed by atoms with E-state index in [9.17, 15) is 4.79 Å². The van der Waals surface area contributed by atoms with Gasteiger partial charge in [-0.3, -0.25) is 0 Å². The van der Waals surface area contributed by atoms with Crippen LogP contribution in [0.1, 0.15) is 52.7 Å². The van der Waals surface area contributed by atoms with Gasteiger partial charge < -0.3 is 14.2 Å². The van der Waals surface area contributed by atoms with Crippen molar-refractivity contribution in [2.24, 2.45) is 0 Å². The van der Waals surface area contributed by atoms with Crippen molar-refractivity contribution >= 4 is 5.97 Å². The highest BCUT2D eigenvalue weighted by molar-refractivity contribution is 5.79. The lowest BCUT2D eigenvalue weighted by molar-refractivity contribution is -0.252. The first kappa shape index (κ1) is 18.7. The van der Waals surface area contributed by atoms with Crippen LogP contribution in [0.5, 0.6) is 0 Å². The zero-order valence-electron chi connectivity index (χ0n) is 14.6. The first-order valence-corrected chi connectivity index (χ1v) is 7.88. The second kappa shape index (κ2) is 7.75. The molecule has 1 rings (SSSR count). The number of carbonyl (C=O) groups is 1. The molecule has 0 unspecified atom stereocenters. The Kier molecular flexibility index (Phi) is 6.57. The van der Waals surface area contributed by atoms with Crippen LogP contribution >= 0.6 is 0 Å². The number of benzene rings is 1. The molecule has 0 fully saturated rings. The molecule has 0 aliphatic rings. The van der Waals surface area contributed by atoms with Gasteiger partial charge in [-0.05, 0) is 31.7 Å². The van der Waals surface area contributed by atoms with Crippen LogP contribution in [0.15, 0.2) is 24.3 Å². The summed E-state index contributed by atoms with van der Waals surface area (Å²) in [6, 6.07) is 7.76. The summed E-state index contributed by atoms with van der Waals surface area (Å²) < 4.78 is 16.6. The Hall–Kier alpha value is -1.39. The number of esters is 1. The highest BCUT2D eigenvalue weighted by atomic mass is 16.7. The van der Waals surface area contributed by atoms with E-state index < -0.39 is 11.8 Å². The molecule has 124 valence electrons. The van der Waals surface area contributed by atoms with Crippen LogP contribution in [0.2, 0.25) is 0 Å². The summed E-state index contributed by atoms with van der Waals surface area (Å²) in [5.41, 5.74) is 1.88. The summed E-state index contributed by atoms with van der Waals surface area (Å²) in [6.07, 6.45) is 0. The first-order valence-electron chi connectivity index (χ1n) is 7.88. The van der Waals surface area contributed by atoms with E-state index in [1.54, 1.807) is 6.92 Å². The third kappa shape index (κ3) is 4.08. The molecule has 0 amide bonds. The molecule has 4 nitrogen and oxygen atoms in total. The average molecular weight is 308 g/mol. The van der Waals surface area contributed by atoms with E-state index in [0.29, 0.717) is 18.8 Å². The van der Waals surface area contributed by atoms with Gasteiger partial charge in [0.15, 0.2) is 0 Å². The van der Waals surface area contributed by atoms with Crippen molar-refractivity contribution in [3.63, 3.8) is 0 Å². The van der Waals surface area contributed by atoms with Crippen LogP contribution in [0, 0.1) is 0 Å². The van der Waals surface area contributed by atoms with Crippen LogP contribution in [-0.4, -0.2) is 25.8 Å². The normalized spacial score (nSPS) is 12.3. The Morgan fingerprint density at radius 2 is 1.32 bits per heavy atom. The first-order chi connectivity index (χ1) is 10.3. The maximum atomic E-state index is 12.5. The van der Waals surface area contributed by atoms with Crippen molar-refractivity contribution < 1.29 is 19.0 Å². The Morgan fingerprint density at radius 3 is 1.68 bits per heavy atom. The van der Waals surface area contributed by atoms with Crippen molar-refractivity contribution in [2.75, 3.05) is 19.8 Å². The summed E-state index contributed by atoms with van der Waals surface area (Å²) in [5, 5.41) is 0. The van der Waals surface area contributed by atoms with Crippen molar-refractivity contribution in [2.45, 2.75) is 52.7 Å². The van der Waals surface area contributed by atoms with Crippen LogP contribution in [0.3, 0.4) is 0 Å². The topological polar surface area (TPSA) is 44.8 Å². The van der Waals surface area contributed by atoms with E-state index in [4.69, 9.17) is 14.2 Å². The third-order valence-corrected chi connectivity index (χ3v) is 3.37. The molecular formula is C18H28O4. The predicted octanol–water partition coefficient (Wildman–Crippen LogP) is 3.77. The monoisotopic (exact) mass is 308 g/mol. The lowest BCUT2D eigenvalue weighted by atomic mass is 9.86. The van der Waals surface area contributed by atoms with Gasteiger partial charge >= 0.3 is 5.97 Å². The molecule has 4 heteroatoms. The third-order valence-electron chi connectivity index (χ3n) is 3.37. The smallest absolute Gasteiger partial charge is 0.372 e. The molecule has 0 spiro atoms. The quantitative estimate of drug-likeness (QED) is 0.568. The number of hydrogen-bond donors (Lipinski definition) is 0. The van der Waals surface area contributed by atoms with Crippen molar-refractivity contribution in [3.8, 4) is 0 Å². The van der Waals surface area contributed by atoms with Gasteiger partial charge in [-0.1, -0.05) is 45.0 Å². The summed E-state index contributed by atoms with van der Waals surface area (Å²) in [5.74, 6) is -2.00. The molecule has 0 radical (unpaired) electrons. The van der Waals surface area contributed by atoms with Crippen LogP contribution in [0.4, 0.5) is 0 Å². The molecule has 0 aromatic heterocycles. The summed E-state index contributed by atoms with van der Waals surface area (Å²) >= 11 is 0. The van der Waals surface area contributed by atoms with Crippen molar-refractivity contribution in [1.29, 1.82) is 0 Å². The van der Waals surface area contributed by atoms with Gasteiger partial charge in [0.25, 0.3) is 5.79 Å². The molecule has 0 aliphatic heterocycles. The summed E-state index contributed by atoms with van der Waals surface area (Å²) in [4.78, 5) is 12.5. The molecule has 0 aliphatic carbocycles. The van der Waals surface area contributed by atoms with Gasteiger partial charge in [-0.25, -0.2) is 4.79 Å². The van der Waals surface area contributed by atoms with Crippen LogP contribution < -0.4 is 0 Å². The number of ether oxygens (including phenoxy) is 3. The van der Waals surface area contributed by atoms with E-state index >= 15 is 0 Å². The summed E-state index contributed by atoms with van der Waals surface area (Å²) in [7, 11) is 0. The number of rotatable bonds is 7. The van der Waals surface area contributed by atoms with Gasteiger partial charge in [-0.2, -0.15) is 0 Å². The van der Waals surface area contributed by atoms with E-state index in [-0.39, 0.29) is 12.0 Å². The lowest BCUT2D eigenvalue weighted by Crippen LogP contribution is -2.43. The average Bonchev–Trinajstić information content (AvgIpc) is 2.46. The van der Waals surface area contributed by atoms with E-state index in [0.717, 1.165) is 0 Å². The number of hydrogen-bond acceptors (Lipinski definition) is 4. The predicted molar refractivity (Wildman–Crippen MR) is 86.7 cm³/mol. The largest absolute Gasteiger partial charge is 0.462 e.